The number of aromatic nitrogens is 3. The molecule has 0 fully saturated rings. The normalized spacial score (nSPS) is 11.0. The van der Waals surface area contributed by atoms with Crippen LogP contribution in [-0.4, -0.2) is 15.0 Å². The zero-order valence-corrected chi connectivity index (χ0v) is 11.5. The van der Waals surface area contributed by atoms with Crippen LogP contribution in [0.2, 0.25) is 0 Å². The van der Waals surface area contributed by atoms with Gasteiger partial charge in [-0.15, -0.1) is 16.9 Å². The summed E-state index contributed by atoms with van der Waals surface area (Å²) in [5.74, 6) is -1.65. The maximum atomic E-state index is 13.1. The summed E-state index contributed by atoms with van der Waals surface area (Å²) in [5.41, 5.74) is 0.257. The number of rotatable bonds is 3. The molecule has 0 N–H and O–H groups in total. The summed E-state index contributed by atoms with van der Waals surface area (Å²) in [7, 11) is 0. The van der Waals surface area contributed by atoms with E-state index in [0.29, 0.717) is 15.8 Å². The fraction of sp³-hybridized carbons (Fsp3) is 0.0714. The fourth-order valence-corrected chi connectivity index (χ4v) is 2.60. The van der Waals surface area contributed by atoms with Crippen LogP contribution in [0.25, 0.3) is 10.9 Å². The van der Waals surface area contributed by atoms with Crippen molar-refractivity contribution < 1.29 is 8.78 Å². The molecule has 3 rings (SSSR count). The number of nitrogens with zero attached hydrogens (tertiary/aromatic N) is 3. The number of benzene rings is 2. The van der Waals surface area contributed by atoms with Gasteiger partial charge in [-0.2, -0.15) is 0 Å². The zero-order chi connectivity index (χ0) is 14.8. The predicted molar refractivity (Wildman–Crippen MR) is 76.0 cm³/mol. The Labute approximate surface area is 122 Å². The topological polar surface area (TPSA) is 47.8 Å². The van der Waals surface area contributed by atoms with Gasteiger partial charge in [-0.05, 0) is 30.3 Å². The number of hydrogen-bond acceptors (Lipinski definition) is 4. The molecule has 1 heterocycles. The summed E-state index contributed by atoms with van der Waals surface area (Å²) in [6, 6.07) is 10.5. The molecule has 1 aromatic heterocycles. The van der Waals surface area contributed by atoms with Crippen LogP contribution < -0.4 is 5.56 Å². The highest BCUT2D eigenvalue weighted by Crippen LogP contribution is 2.21. The largest absolute Gasteiger partial charge is 0.278 e. The minimum absolute atomic E-state index is 0.168. The van der Waals surface area contributed by atoms with Gasteiger partial charge in [0.25, 0.3) is 5.56 Å². The monoisotopic (exact) mass is 305 g/mol. The second-order valence-electron chi connectivity index (χ2n) is 4.26. The lowest BCUT2D eigenvalue weighted by Crippen LogP contribution is -2.23. The van der Waals surface area contributed by atoms with Crippen LogP contribution in [0.1, 0.15) is 0 Å². The molecule has 0 bridgehead atoms. The Bertz CT molecular complexity index is 866. The van der Waals surface area contributed by atoms with Crippen LogP contribution in [0.15, 0.2) is 52.2 Å². The Morgan fingerprint density at radius 2 is 1.90 bits per heavy atom. The quantitative estimate of drug-likeness (QED) is 0.698. The summed E-state index contributed by atoms with van der Waals surface area (Å²) in [5, 5.41) is 8.25. The van der Waals surface area contributed by atoms with Gasteiger partial charge in [0, 0.05) is 4.90 Å². The van der Waals surface area contributed by atoms with Crippen LogP contribution in [0.4, 0.5) is 8.78 Å². The summed E-state index contributed by atoms with van der Waals surface area (Å²) in [4.78, 5) is 12.7. The van der Waals surface area contributed by atoms with E-state index in [4.69, 9.17) is 0 Å². The average Bonchev–Trinajstić information content (AvgIpc) is 2.50. The van der Waals surface area contributed by atoms with Crippen molar-refractivity contribution in [2.75, 3.05) is 0 Å². The number of thioether (sulfide) groups is 1. The Hall–Kier alpha value is -2.28. The molecule has 0 spiro atoms. The minimum Gasteiger partial charge on any atom is -0.267 e. The lowest BCUT2D eigenvalue weighted by Gasteiger charge is -2.05. The van der Waals surface area contributed by atoms with Crippen molar-refractivity contribution in [2.24, 2.45) is 0 Å². The van der Waals surface area contributed by atoms with E-state index in [9.17, 15) is 13.6 Å². The van der Waals surface area contributed by atoms with E-state index in [0.717, 1.165) is 12.1 Å². The molecule has 0 unspecified atom stereocenters. The molecule has 0 amide bonds. The van der Waals surface area contributed by atoms with Crippen LogP contribution >= 0.6 is 11.8 Å². The second-order valence-corrected chi connectivity index (χ2v) is 5.28. The van der Waals surface area contributed by atoms with Crippen molar-refractivity contribution >= 4 is 22.7 Å². The van der Waals surface area contributed by atoms with Crippen LogP contribution in [0.5, 0.6) is 0 Å². The first kappa shape index (κ1) is 13.7. The van der Waals surface area contributed by atoms with E-state index in [1.54, 1.807) is 24.3 Å². The van der Waals surface area contributed by atoms with Crippen molar-refractivity contribution in [2.45, 2.75) is 10.8 Å². The number of fused-ring (bicyclic) bond motifs is 1. The Morgan fingerprint density at radius 3 is 2.71 bits per heavy atom. The van der Waals surface area contributed by atoms with Gasteiger partial charge in [0.15, 0.2) is 11.6 Å². The first-order valence-electron chi connectivity index (χ1n) is 6.05. The smallest absolute Gasteiger partial charge is 0.267 e. The van der Waals surface area contributed by atoms with Crippen molar-refractivity contribution in [1.82, 2.24) is 15.0 Å². The van der Waals surface area contributed by atoms with E-state index < -0.39 is 11.6 Å². The third-order valence-electron chi connectivity index (χ3n) is 2.87. The minimum atomic E-state index is -0.919. The summed E-state index contributed by atoms with van der Waals surface area (Å²) >= 11 is 1.17. The lowest BCUT2D eigenvalue weighted by molar-refractivity contribution is 0.506. The molecule has 0 saturated carbocycles. The van der Waals surface area contributed by atoms with Crippen LogP contribution in [0, 0.1) is 11.6 Å². The maximum absolute atomic E-state index is 13.1. The van der Waals surface area contributed by atoms with Crippen molar-refractivity contribution in [3.8, 4) is 0 Å². The molecule has 4 nitrogen and oxygen atoms in total. The molecular formula is C14H9F2N3OS. The van der Waals surface area contributed by atoms with Gasteiger partial charge in [0.2, 0.25) is 0 Å². The van der Waals surface area contributed by atoms with Gasteiger partial charge in [0.1, 0.15) is 5.52 Å². The first-order valence-corrected chi connectivity index (χ1v) is 7.04. The molecule has 0 aliphatic heterocycles. The van der Waals surface area contributed by atoms with Gasteiger partial charge < -0.3 is 0 Å². The summed E-state index contributed by atoms with van der Waals surface area (Å²) in [6.45, 7) is 0. The molecule has 7 heteroatoms. The highest BCUT2D eigenvalue weighted by atomic mass is 32.2. The molecule has 3 aromatic rings. The van der Waals surface area contributed by atoms with Gasteiger partial charge >= 0.3 is 0 Å². The predicted octanol–water partition coefficient (Wildman–Crippen LogP) is 2.82. The average molecular weight is 305 g/mol. The zero-order valence-electron chi connectivity index (χ0n) is 10.7. The molecule has 0 atom stereocenters. The van der Waals surface area contributed by atoms with Gasteiger partial charge in [-0.1, -0.05) is 17.3 Å². The highest BCUT2D eigenvalue weighted by molar-refractivity contribution is 7.98. The molecular weight excluding hydrogens is 296 g/mol. The molecule has 106 valence electrons. The third-order valence-corrected chi connectivity index (χ3v) is 3.83. The van der Waals surface area contributed by atoms with E-state index >= 15 is 0 Å². The molecule has 0 saturated heterocycles. The van der Waals surface area contributed by atoms with Crippen molar-refractivity contribution in [1.29, 1.82) is 0 Å². The maximum Gasteiger partial charge on any atom is 0.278 e. The fourth-order valence-electron chi connectivity index (χ4n) is 1.81. The van der Waals surface area contributed by atoms with Crippen molar-refractivity contribution in [3.05, 3.63) is 64.5 Å². The van der Waals surface area contributed by atoms with Crippen molar-refractivity contribution in [3.63, 3.8) is 0 Å². The SMILES string of the molecule is O=c1c2ccccc2nnn1CSc1ccc(F)c(F)c1. The summed E-state index contributed by atoms with van der Waals surface area (Å²) in [6.07, 6.45) is 0. The second kappa shape index (κ2) is 5.61. The number of hydrogen-bond donors (Lipinski definition) is 0. The van der Waals surface area contributed by atoms with Crippen LogP contribution in [-0.2, 0) is 5.88 Å². The van der Waals surface area contributed by atoms with E-state index in [1.807, 2.05) is 0 Å². The van der Waals surface area contributed by atoms with Gasteiger partial charge in [0.05, 0.1) is 11.3 Å². The Morgan fingerprint density at radius 1 is 1.10 bits per heavy atom. The standard InChI is InChI=1S/C14H9F2N3OS/c15-11-6-5-9(7-12(11)16)21-8-19-14(20)10-3-1-2-4-13(10)17-18-19/h1-7H,8H2. The molecule has 0 aliphatic carbocycles. The van der Waals surface area contributed by atoms with E-state index in [-0.39, 0.29) is 11.4 Å². The van der Waals surface area contributed by atoms with Gasteiger partial charge in [-0.3, -0.25) is 4.79 Å². The van der Waals surface area contributed by atoms with E-state index in [2.05, 4.69) is 10.3 Å². The highest BCUT2D eigenvalue weighted by Gasteiger charge is 2.07. The Kier molecular flexibility index (Phi) is 3.66. The third kappa shape index (κ3) is 2.78. The van der Waals surface area contributed by atoms with Crippen LogP contribution in [0.3, 0.4) is 0 Å². The molecule has 0 aliphatic rings. The molecule has 0 radical (unpaired) electrons. The first-order chi connectivity index (χ1) is 10.1. The van der Waals surface area contributed by atoms with E-state index in [1.165, 1.54) is 22.5 Å². The molecule has 21 heavy (non-hydrogen) atoms. The number of halogens is 2. The molecule has 2 aromatic carbocycles. The Balaban J connectivity index is 1.86. The summed E-state index contributed by atoms with van der Waals surface area (Å²) < 4.78 is 27.1. The lowest BCUT2D eigenvalue weighted by atomic mass is 10.2. The van der Waals surface area contributed by atoms with Gasteiger partial charge in [-0.25, -0.2) is 13.5 Å².